The highest BCUT2D eigenvalue weighted by molar-refractivity contribution is 5.98. The molecule has 0 aliphatic carbocycles. The topological polar surface area (TPSA) is 29.1 Å². The van der Waals surface area contributed by atoms with E-state index in [1.54, 1.807) is 22.8 Å². The second-order valence-electron chi connectivity index (χ2n) is 4.06. The highest BCUT2D eigenvalue weighted by atomic mass is 127. The second kappa shape index (κ2) is 7.08. The lowest BCUT2D eigenvalue weighted by atomic mass is 10.2. The summed E-state index contributed by atoms with van der Waals surface area (Å²) >= 11 is 0. The Morgan fingerprint density at radius 1 is 1.32 bits per heavy atom. The van der Waals surface area contributed by atoms with Crippen molar-refractivity contribution in [3.8, 4) is 0 Å². The van der Waals surface area contributed by atoms with Crippen LogP contribution in [0.4, 0.5) is 0 Å². The molecule has 0 unspecified atom stereocenters. The van der Waals surface area contributed by atoms with E-state index in [1.165, 1.54) is 0 Å². The molecule has 1 heterocycles. The van der Waals surface area contributed by atoms with Crippen molar-refractivity contribution in [1.82, 2.24) is 4.68 Å². The lowest BCUT2D eigenvalue weighted by molar-refractivity contribution is -0.671. The molecule has 100 valence electrons. The van der Waals surface area contributed by atoms with Crippen molar-refractivity contribution in [2.24, 2.45) is 7.05 Å². The number of imidazole rings is 1. The third-order valence-electron chi connectivity index (χ3n) is 2.64. The molecular weight excluding hydrogens is 353 g/mol. The summed E-state index contributed by atoms with van der Waals surface area (Å²) in [6.45, 7) is 0. The molecule has 2 aromatic rings. The van der Waals surface area contributed by atoms with Crippen molar-refractivity contribution in [2.45, 2.75) is 0 Å². The molecule has 0 fully saturated rings. The first-order valence-corrected chi connectivity index (χ1v) is 5.71. The van der Waals surface area contributed by atoms with Crippen molar-refractivity contribution in [3.05, 3.63) is 60.7 Å². The van der Waals surface area contributed by atoms with Crippen molar-refractivity contribution >= 4 is 12.0 Å². The zero-order valence-electron chi connectivity index (χ0n) is 10.9. The van der Waals surface area contributed by atoms with Gasteiger partial charge in [-0.25, -0.2) is 4.57 Å². The minimum Gasteiger partial charge on any atom is -1.00 e. The number of rotatable bonds is 3. The van der Waals surface area contributed by atoms with Crippen LogP contribution >= 0.6 is 0 Å². The Balaban J connectivity index is 0.00000180. The number of carbonyl (C=O) groups excluding carboxylic acids is 1. The summed E-state index contributed by atoms with van der Waals surface area (Å²) in [5, 5.41) is 1.54. The molecule has 0 aliphatic heterocycles. The molecule has 19 heavy (non-hydrogen) atoms. The maximum absolute atomic E-state index is 11.9. The number of likely N-dealkylation sites (N-methyl/N-ethyl adjacent to an activating group) is 1. The van der Waals surface area contributed by atoms with Gasteiger partial charge in [0.2, 0.25) is 0 Å². The Bertz CT molecular complexity index is 563. The van der Waals surface area contributed by atoms with Gasteiger partial charge in [-0.2, -0.15) is 5.01 Å². The van der Waals surface area contributed by atoms with Gasteiger partial charge in [-0.15, -0.1) is 4.68 Å². The van der Waals surface area contributed by atoms with E-state index in [4.69, 9.17) is 0 Å². The summed E-state index contributed by atoms with van der Waals surface area (Å²) < 4.78 is 3.61. The van der Waals surface area contributed by atoms with Gasteiger partial charge >= 0.3 is 0 Å². The van der Waals surface area contributed by atoms with Gasteiger partial charge in [0.05, 0.1) is 14.1 Å². The van der Waals surface area contributed by atoms with Crippen LogP contribution in [0.3, 0.4) is 0 Å². The van der Waals surface area contributed by atoms with Crippen LogP contribution in [-0.4, -0.2) is 17.6 Å². The maximum Gasteiger partial charge on any atom is 0.281 e. The Morgan fingerprint density at radius 3 is 2.58 bits per heavy atom. The zero-order valence-corrected chi connectivity index (χ0v) is 13.1. The van der Waals surface area contributed by atoms with Gasteiger partial charge in [0.1, 0.15) is 6.20 Å². The van der Waals surface area contributed by atoms with Crippen molar-refractivity contribution in [1.29, 1.82) is 0 Å². The number of nitrogens with zero attached hydrogens (tertiary/aromatic N) is 3. The standard InChI is InChI=1S/C14H16N3O.HI/c1-15-10-11-17(12-15)16(2)14(18)9-8-13-6-4-3-5-7-13;/h3-12H,1-2H3;1H/q+1;/p-1/b9-8+;. The lowest BCUT2D eigenvalue weighted by Crippen LogP contribution is -3.00. The molecule has 0 N–H and O–H groups in total. The van der Waals surface area contributed by atoms with E-state index in [9.17, 15) is 4.79 Å². The largest absolute Gasteiger partial charge is 1.00 e. The Labute approximate surface area is 130 Å². The summed E-state index contributed by atoms with van der Waals surface area (Å²) in [7, 11) is 3.65. The predicted octanol–water partition coefficient (Wildman–Crippen LogP) is -1.88. The van der Waals surface area contributed by atoms with Crippen LogP contribution in [0.5, 0.6) is 0 Å². The van der Waals surface area contributed by atoms with Crippen LogP contribution < -0.4 is 33.6 Å². The number of hydrogen-bond donors (Lipinski definition) is 0. The van der Waals surface area contributed by atoms with Gasteiger partial charge < -0.3 is 24.0 Å². The van der Waals surface area contributed by atoms with Crippen LogP contribution in [0.2, 0.25) is 0 Å². The Morgan fingerprint density at radius 2 is 2.00 bits per heavy atom. The number of benzene rings is 1. The van der Waals surface area contributed by atoms with E-state index in [0.717, 1.165) is 5.56 Å². The second-order valence-corrected chi connectivity index (χ2v) is 4.06. The Kier molecular flexibility index (Phi) is 5.75. The molecule has 0 aliphatic rings. The van der Waals surface area contributed by atoms with E-state index in [2.05, 4.69) is 0 Å². The van der Waals surface area contributed by atoms with Gasteiger partial charge in [0.15, 0.2) is 6.20 Å². The van der Waals surface area contributed by atoms with Gasteiger partial charge in [0.25, 0.3) is 12.2 Å². The highest BCUT2D eigenvalue weighted by Crippen LogP contribution is 2.01. The molecule has 0 saturated carbocycles. The normalized spacial score (nSPS) is 10.2. The van der Waals surface area contributed by atoms with E-state index in [1.807, 2.05) is 66.7 Å². The van der Waals surface area contributed by atoms with Gasteiger partial charge in [-0.1, -0.05) is 30.3 Å². The molecule has 2 rings (SSSR count). The fraction of sp³-hybridized carbons (Fsp3) is 0.143. The molecular formula is C14H16IN3O. The summed E-state index contributed by atoms with van der Waals surface area (Å²) in [6.07, 6.45) is 8.91. The average Bonchev–Trinajstić information content (AvgIpc) is 2.83. The minimum absolute atomic E-state index is 0. The van der Waals surface area contributed by atoms with Crippen LogP contribution in [0, 0.1) is 0 Å². The van der Waals surface area contributed by atoms with Crippen LogP contribution in [0.15, 0.2) is 55.1 Å². The van der Waals surface area contributed by atoms with Gasteiger partial charge in [0, 0.05) is 6.08 Å². The maximum atomic E-state index is 11.9. The third kappa shape index (κ3) is 4.20. The number of carbonyl (C=O) groups is 1. The molecule has 1 aromatic carbocycles. The van der Waals surface area contributed by atoms with Gasteiger partial charge in [-0.05, 0) is 11.6 Å². The summed E-state index contributed by atoms with van der Waals surface area (Å²) in [6, 6.07) is 9.75. The number of aryl methyl sites for hydroxylation is 1. The van der Waals surface area contributed by atoms with E-state index >= 15 is 0 Å². The van der Waals surface area contributed by atoms with Gasteiger partial charge in [-0.3, -0.25) is 4.79 Å². The van der Waals surface area contributed by atoms with Crippen LogP contribution in [0.1, 0.15) is 5.56 Å². The van der Waals surface area contributed by atoms with Crippen molar-refractivity contribution in [2.75, 3.05) is 12.1 Å². The fourth-order valence-electron chi connectivity index (χ4n) is 1.57. The average molecular weight is 369 g/mol. The molecule has 0 radical (unpaired) electrons. The monoisotopic (exact) mass is 369 g/mol. The third-order valence-corrected chi connectivity index (χ3v) is 2.64. The molecule has 4 nitrogen and oxygen atoms in total. The first-order valence-electron chi connectivity index (χ1n) is 5.71. The van der Waals surface area contributed by atoms with E-state index in [0.29, 0.717) is 0 Å². The SMILES string of the molecule is CN(C(=O)/C=C/c1ccccc1)n1cc[n+](C)c1.[I-]. The number of amides is 1. The smallest absolute Gasteiger partial charge is 0.281 e. The summed E-state index contributed by atoms with van der Waals surface area (Å²) in [5.41, 5.74) is 1.01. The molecule has 0 bridgehead atoms. The van der Waals surface area contributed by atoms with Crippen molar-refractivity contribution < 1.29 is 33.3 Å². The predicted molar refractivity (Wildman–Crippen MR) is 70.2 cm³/mol. The zero-order chi connectivity index (χ0) is 13.0. The number of aromatic nitrogens is 2. The lowest BCUT2D eigenvalue weighted by Gasteiger charge is -2.08. The summed E-state index contributed by atoms with van der Waals surface area (Å²) in [5.74, 6) is -0.0740. The highest BCUT2D eigenvalue weighted by Gasteiger charge is 2.11. The molecule has 1 aromatic heterocycles. The summed E-state index contributed by atoms with van der Waals surface area (Å²) in [4.78, 5) is 11.9. The van der Waals surface area contributed by atoms with Crippen LogP contribution in [0.25, 0.3) is 6.08 Å². The number of halogens is 1. The number of hydrogen-bond acceptors (Lipinski definition) is 1. The quantitative estimate of drug-likeness (QED) is 0.354. The molecule has 1 amide bonds. The van der Waals surface area contributed by atoms with Crippen molar-refractivity contribution in [3.63, 3.8) is 0 Å². The molecule has 0 spiro atoms. The Hall–Kier alpha value is -1.63. The van der Waals surface area contributed by atoms with E-state index in [-0.39, 0.29) is 29.9 Å². The molecule has 5 heteroatoms. The van der Waals surface area contributed by atoms with E-state index < -0.39 is 0 Å². The molecule has 0 atom stereocenters. The first-order chi connectivity index (χ1) is 8.66. The van der Waals surface area contributed by atoms with Crippen LogP contribution in [-0.2, 0) is 11.8 Å². The molecule has 0 saturated heterocycles. The minimum atomic E-state index is -0.0740. The fourth-order valence-corrected chi connectivity index (χ4v) is 1.57. The first kappa shape index (κ1) is 15.4.